The van der Waals surface area contributed by atoms with E-state index in [-0.39, 0.29) is 6.04 Å². The van der Waals surface area contributed by atoms with Crippen LogP contribution in [0.3, 0.4) is 0 Å². The van der Waals surface area contributed by atoms with Crippen LogP contribution in [0, 0.1) is 0 Å². The van der Waals surface area contributed by atoms with Crippen LogP contribution in [-0.4, -0.2) is 36.2 Å². The Morgan fingerprint density at radius 2 is 1.95 bits per heavy atom. The molecule has 20 heavy (non-hydrogen) atoms. The number of aliphatic hydroxyl groups excluding tert-OH is 1. The van der Waals surface area contributed by atoms with E-state index in [1.807, 2.05) is 30.3 Å². The summed E-state index contributed by atoms with van der Waals surface area (Å²) >= 11 is 0. The molecule has 2 heterocycles. The second kappa shape index (κ2) is 5.82. The highest BCUT2D eigenvalue weighted by molar-refractivity contribution is 5.19. The number of piperidine rings is 1. The monoisotopic (exact) mass is 277 g/mol. The van der Waals surface area contributed by atoms with Crippen molar-refractivity contribution in [2.24, 2.45) is 0 Å². The minimum Gasteiger partial charge on any atom is -0.387 e. The lowest BCUT2D eigenvalue weighted by molar-refractivity contribution is -0.194. The third-order valence-electron chi connectivity index (χ3n) is 4.37. The molecule has 2 unspecified atom stereocenters. The minimum absolute atomic E-state index is 0.0331. The fourth-order valence-corrected chi connectivity index (χ4v) is 3.29. The van der Waals surface area contributed by atoms with Crippen molar-refractivity contribution in [3.05, 3.63) is 35.9 Å². The van der Waals surface area contributed by atoms with Gasteiger partial charge >= 0.3 is 0 Å². The molecule has 0 saturated carbocycles. The Kier molecular flexibility index (Phi) is 4.08. The summed E-state index contributed by atoms with van der Waals surface area (Å²) in [6.45, 7) is 3.47. The SMILES string of the molecule is CCC1CC2(CC([C@H](O)c3ccccc3)N1)OCCO2. The molecule has 2 aliphatic heterocycles. The fourth-order valence-electron chi connectivity index (χ4n) is 3.29. The number of ether oxygens (including phenoxy) is 2. The molecule has 2 saturated heterocycles. The second-order valence-corrected chi connectivity index (χ2v) is 5.75. The maximum atomic E-state index is 10.6. The lowest BCUT2D eigenvalue weighted by Gasteiger charge is -2.43. The van der Waals surface area contributed by atoms with Gasteiger partial charge in [0, 0.05) is 24.9 Å². The van der Waals surface area contributed by atoms with Crippen LogP contribution in [0.4, 0.5) is 0 Å². The van der Waals surface area contributed by atoms with Gasteiger partial charge in [0.2, 0.25) is 0 Å². The fraction of sp³-hybridized carbons (Fsp3) is 0.625. The normalized spacial score (nSPS) is 30.5. The average molecular weight is 277 g/mol. The molecule has 2 aliphatic rings. The molecule has 4 nitrogen and oxygen atoms in total. The summed E-state index contributed by atoms with van der Waals surface area (Å²) in [6.07, 6.45) is 2.03. The Morgan fingerprint density at radius 1 is 1.25 bits per heavy atom. The first-order valence-electron chi connectivity index (χ1n) is 7.49. The maximum Gasteiger partial charge on any atom is 0.171 e. The van der Waals surface area contributed by atoms with Gasteiger partial charge in [0.05, 0.1) is 19.3 Å². The van der Waals surface area contributed by atoms with E-state index in [9.17, 15) is 5.11 Å². The molecule has 0 bridgehead atoms. The summed E-state index contributed by atoms with van der Waals surface area (Å²) in [7, 11) is 0. The maximum absolute atomic E-state index is 10.6. The third kappa shape index (κ3) is 2.74. The first kappa shape index (κ1) is 14.0. The van der Waals surface area contributed by atoms with Gasteiger partial charge in [-0.15, -0.1) is 0 Å². The lowest BCUT2D eigenvalue weighted by atomic mass is 9.86. The molecular weight excluding hydrogens is 254 g/mol. The van der Waals surface area contributed by atoms with Gasteiger partial charge in [0.15, 0.2) is 5.79 Å². The number of hydrogen-bond donors (Lipinski definition) is 2. The molecule has 1 aromatic carbocycles. The molecule has 4 heteroatoms. The van der Waals surface area contributed by atoms with Gasteiger partial charge in [-0.2, -0.15) is 0 Å². The van der Waals surface area contributed by atoms with E-state index < -0.39 is 11.9 Å². The van der Waals surface area contributed by atoms with Gasteiger partial charge < -0.3 is 19.9 Å². The quantitative estimate of drug-likeness (QED) is 0.887. The zero-order chi connectivity index (χ0) is 14.0. The zero-order valence-corrected chi connectivity index (χ0v) is 11.9. The predicted molar refractivity (Wildman–Crippen MR) is 76.3 cm³/mol. The molecule has 0 radical (unpaired) electrons. The number of nitrogens with one attached hydrogen (secondary N) is 1. The van der Waals surface area contributed by atoms with Crippen molar-refractivity contribution in [1.82, 2.24) is 5.32 Å². The lowest BCUT2D eigenvalue weighted by Crippen LogP contribution is -2.55. The van der Waals surface area contributed by atoms with Crippen molar-refractivity contribution < 1.29 is 14.6 Å². The molecule has 3 rings (SSSR count). The molecule has 1 spiro atoms. The first-order valence-corrected chi connectivity index (χ1v) is 7.49. The van der Waals surface area contributed by atoms with Crippen molar-refractivity contribution in [3.63, 3.8) is 0 Å². The topological polar surface area (TPSA) is 50.7 Å². The van der Waals surface area contributed by atoms with Gasteiger partial charge in [-0.25, -0.2) is 0 Å². The summed E-state index contributed by atoms with van der Waals surface area (Å²) in [6, 6.07) is 10.1. The number of aliphatic hydroxyl groups is 1. The van der Waals surface area contributed by atoms with E-state index in [1.54, 1.807) is 0 Å². The summed E-state index contributed by atoms with van der Waals surface area (Å²) in [4.78, 5) is 0. The van der Waals surface area contributed by atoms with Crippen LogP contribution in [-0.2, 0) is 9.47 Å². The summed E-state index contributed by atoms with van der Waals surface area (Å²) in [5.74, 6) is -0.494. The van der Waals surface area contributed by atoms with E-state index in [2.05, 4.69) is 12.2 Å². The molecule has 0 aliphatic carbocycles. The summed E-state index contributed by atoms with van der Waals surface area (Å²) in [5, 5.41) is 14.2. The Morgan fingerprint density at radius 3 is 2.60 bits per heavy atom. The highest BCUT2D eigenvalue weighted by atomic mass is 16.7. The standard InChI is InChI=1S/C16H23NO3/c1-2-13-10-16(19-8-9-20-16)11-14(17-13)15(18)12-6-4-3-5-7-12/h3-7,13-15,17-18H,2,8-11H2,1H3/t13?,14?,15-/m1/s1. The largest absolute Gasteiger partial charge is 0.387 e. The molecule has 2 fully saturated rings. The zero-order valence-electron chi connectivity index (χ0n) is 11.9. The Balaban J connectivity index is 1.78. The average Bonchev–Trinajstić information content (AvgIpc) is 2.94. The Bertz CT molecular complexity index is 431. The highest BCUT2D eigenvalue weighted by Gasteiger charge is 2.46. The van der Waals surface area contributed by atoms with Gasteiger partial charge in [-0.3, -0.25) is 0 Å². The molecule has 0 amide bonds. The molecule has 110 valence electrons. The van der Waals surface area contributed by atoms with E-state index in [1.165, 1.54) is 0 Å². The van der Waals surface area contributed by atoms with Crippen LogP contribution < -0.4 is 5.32 Å². The minimum atomic E-state index is -0.532. The Labute approximate surface area is 120 Å². The van der Waals surface area contributed by atoms with E-state index >= 15 is 0 Å². The van der Waals surface area contributed by atoms with Gasteiger partial charge in [0.25, 0.3) is 0 Å². The van der Waals surface area contributed by atoms with Gasteiger partial charge in [-0.1, -0.05) is 37.3 Å². The third-order valence-corrected chi connectivity index (χ3v) is 4.37. The smallest absolute Gasteiger partial charge is 0.171 e. The molecule has 3 atom stereocenters. The van der Waals surface area contributed by atoms with E-state index in [0.29, 0.717) is 25.7 Å². The van der Waals surface area contributed by atoms with E-state index in [0.717, 1.165) is 18.4 Å². The van der Waals surface area contributed by atoms with Crippen LogP contribution in [0.15, 0.2) is 30.3 Å². The van der Waals surface area contributed by atoms with Crippen molar-refractivity contribution >= 4 is 0 Å². The van der Waals surface area contributed by atoms with Gasteiger partial charge in [-0.05, 0) is 12.0 Å². The van der Waals surface area contributed by atoms with Crippen molar-refractivity contribution in [2.45, 2.75) is 50.2 Å². The van der Waals surface area contributed by atoms with Crippen LogP contribution in [0.1, 0.15) is 37.9 Å². The number of hydrogen-bond acceptors (Lipinski definition) is 4. The Hall–Kier alpha value is -0.940. The molecular formula is C16H23NO3. The van der Waals surface area contributed by atoms with Gasteiger partial charge in [0.1, 0.15) is 0 Å². The molecule has 0 aromatic heterocycles. The van der Waals surface area contributed by atoms with Crippen LogP contribution in [0.5, 0.6) is 0 Å². The summed E-state index contributed by atoms with van der Waals surface area (Å²) < 4.78 is 11.7. The predicted octanol–water partition coefficient (Wildman–Crippen LogP) is 1.99. The molecule has 2 N–H and O–H groups in total. The van der Waals surface area contributed by atoms with E-state index in [4.69, 9.17) is 9.47 Å². The molecule has 1 aromatic rings. The highest BCUT2D eigenvalue weighted by Crippen LogP contribution is 2.37. The van der Waals surface area contributed by atoms with Crippen LogP contribution >= 0.6 is 0 Å². The second-order valence-electron chi connectivity index (χ2n) is 5.75. The first-order chi connectivity index (χ1) is 9.72. The van der Waals surface area contributed by atoms with Crippen molar-refractivity contribution in [2.75, 3.05) is 13.2 Å². The van der Waals surface area contributed by atoms with Crippen LogP contribution in [0.2, 0.25) is 0 Å². The number of rotatable bonds is 3. The van der Waals surface area contributed by atoms with Crippen molar-refractivity contribution in [1.29, 1.82) is 0 Å². The van der Waals surface area contributed by atoms with Crippen molar-refractivity contribution in [3.8, 4) is 0 Å². The number of benzene rings is 1. The van der Waals surface area contributed by atoms with Crippen LogP contribution in [0.25, 0.3) is 0 Å². The summed E-state index contributed by atoms with van der Waals surface area (Å²) in [5.41, 5.74) is 0.940.